The smallest absolute Gasteiger partial charge is 0.343 e. The van der Waals surface area contributed by atoms with Crippen LogP contribution in [0.25, 0.3) is 0 Å². The second kappa shape index (κ2) is 5.31. The number of carboxylic acids is 1. The van der Waals surface area contributed by atoms with Crippen molar-refractivity contribution in [2.24, 2.45) is 0 Å². The summed E-state index contributed by atoms with van der Waals surface area (Å²) in [5.41, 5.74) is 0.552. The molecule has 0 bridgehead atoms. The van der Waals surface area contributed by atoms with Gasteiger partial charge in [0.05, 0.1) is 6.04 Å². The van der Waals surface area contributed by atoms with Gasteiger partial charge in [-0.3, -0.25) is 9.36 Å². The molecule has 0 aliphatic carbocycles. The summed E-state index contributed by atoms with van der Waals surface area (Å²) in [6.07, 6.45) is 1.73. The number of aromatic amines is 1. The molecule has 1 heterocycles. The minimum absolute atomic E-state index is 0.00280. The molecule has 18 heavy (non-hydrogen) atoms. The first-order valence-corrected chi connectivity index (χ1v) is 5.56. The zero-order valence-corrected chi connectivity index (χ0v) is 9.61. The van der Waals surface area contributed by atoms with Gasteiger partial charge in [-0.25, -0.2) is 9.89 Å². The van der Waals surface area contributed by atoms with Gasteiger partial charge in [0, 0.05) is 6.42 Å². The Morgan fingerprint density at radius 3 is 2.67 bits per heavy atom. The van der Waals surface area contributed by atoms with E-state index in [4.69, 9.17) is 5.11 Å². The molecule has 1 unspecified atom stereocenters. The zero-order chi connectivity index (χ0) is 13.0. The van der Waals surface area contributed by atoms with Crippen molar-refractivity contribution in [2.75, 3.05) is 0 Å². The maximum absolute atomic E-state index is 11.6. The van der Waals surface area contributed by atoms with Gasteiger partial charge in [-0.1, -0.05) is 30.3 Å². The Labute approximate surface area is 103 Å². The molecule has 94 valence electrons. The number of rotatable bonds is 5. The summed E-state index contributed by atoms with van der Waals surface area (Å²) in [7, 11) is 0. The van der Waals surface area contributed by atoms with Crippen molar-refractivity contribution in [1.82, 2.24) is 14.8 Å². The van der Waals surface area contributed by atoms with Crippen molar-refractivity contribution in [2.45, 2.75) is 18.9 Å². The third-order valence-electron chi connectivity index (χ3n) is 2.73. The van der Waals surface area contributed by atoms with Crippen molar-refractivity contribution < 1.29 is 9.90 Å². The van der Waals surface area contributed by atoms with E-state index >= 15 is 0 Å². The number of aliphatic carboxylic acids is 1. The molecule has 0 spiro atoms. The predicted molar refractivity (Wildman–Crippen MR) is 64.3 cm³/mol. The Balaban J connectivity index is 2.32. The number of hydrogen-bond acceptors (Lipinski definition) is 3. The highest BCUT2D eigenvalue weighted by molar-refractivity contribution is 5.66. The first kappa shape index (κ1) is 12.1. The molecular weight excluding hydrogens is 234 g/mol. The van der Waals surface area contributed by atoms with Crippen molar-refractivity contribution in [3.05, 3.63) is 52.7 Å². The fraction of sp³-hybridized carbons (Fsp3) is 0.250. The summed E-state index contributed by atoms with van der Waals surface area (Å²) >= 11 is 0. The molecular formula is C12H13N3O3. The summed E-state index contributed by atoms with van der Waals surface area (Å²) in [4.78, 5) is 22.3. The molecule has 2 N–H and O–H groups in total. The van der Waals surface area contributed by atoms with Crippen LogP contribution in [0.3, 0.4) is 0 Å². The van der Waals surface area contributed by atoms with Gasteiger partial charge in [-0.15, -0.1) is 0 Å². The zero-order valence-electron chi connectivity index (χ0n) is 9.61. The molecule has 0 radical (unpaired) electrons. The van der Waals surface area contributed by atoms with Crippen LogP contribution < -0.4 is 5.69 Å². The predicted octanol–water partition coefficient (Wildman–Crippen LogP) is 1.03. The SMILES string of the molecule is O=C(O)CCC(c1ccccc1)n1cn[nH]c1=O. The summed E-state index contributed by atoms with van der Waals surface area (Å²) in [5.74, 6) is -0.882. The normalized spacial score (nSPS) is 12.2. The largest absolute Gasteiger partial charge is 0.481 e. The van der Waals surface area contributed by atoms with Crippen LogP contribution in [0.5, 0.6) is 0 Å². The molecule has 0 aliphatic heterocycles. The van der Waals surface area contributed by atoms with E-state index in [0.29, 0.717) is 6.42 Å². The highest BCUT2D eigenvalue weighted by Crippen LogP contribution is 2.21. The highest BCUT2D eigenvalue weighted by Gasteiger charge is 2.17. The van der Waals surface area contributed by atoms with Crippen LogP contribution in [-0.4, -0.2) is 25.8 Å². The molecule has 0 aliphatic rings. The lowest BCUT2D eigenvalue weighted by Gasteiger charge is -2.16. The van der Waals surface area contributed by atoms with Crippen LogP contribution in [0.4, 0.5) is 0 Å². The van der Waals surface area contributed by atoms with E-state index in [1.54, 1.807) is 0 Å². The van der Waals surface area contributed by atoms with Gasteiger partial charge >= 0.3 is 11.7 Å². The number of aromatic nitrogens is 3. The first-order valence-electron chi connectivity index (χ1n) is 5.56. The standard InChI is InChI=1S/C12H13N3O3/c16-11(17)7-6-10(9-4-2-1-3-5-9)15-8-13-14-12(15)18/h1-5,8,10H,6-7H2,(H,14,18)(H,16,17). The average Bonchev–Trinajstić information content (AvgIpc) is 2.77. The van der Waals surface area contributed by atoms with Crippen molar-refractivity contribution in [3.63, 3.8) is 0 Å². The highest BCUT2D eigenvalue weighted by atomic mass is 16.4. The molecule has 0 amide bonds. The molecule has 1 aromatic carbocycles. The first-order chi connectivity index (χ1) is 8.68. The summed E-state index contributed by atoms with van der Waals surface area (Å²) < 4.78 is 1.41. The summed E-state index contributed by atoms with van der Waals surface area (Å²) in [6.45, 7) is 0. The average molecular weight is 247 g/mol. The quantitative estimate of drug-likeness (QED) is 0.825. The summed E-state index contributed by atoms with van der Waals surface area (Å²) in [5, 5.41) is 14.8. The number of benzene rings is 1. The maximum atomic E-state index is 11.6. The Morgan fingerprint density at radius 2 is 2.11 bits per heavy atom. The number of nitrogens with zero attached hydrogens (tertiary/aromatic N) is 2. The molecule has 6 nitrogen and oxygen atoms in total. The lowest BCUT2D eigenvalue weighted by atomic mass is 10.0. The van der Waals surface area contributed by atoms with Gasteiger partial charge in [0.2, 0.25) is 0 Å². The molecule has 0 saturated carbocycles. The van der Waals surface area contributed by atoms with Crippen LogP contribution in [0.1, 0.15) is 24.4 Å². The number of hydrogen-bond donors (Lipinski definition) is 2. The van der Waals surface area contributed by atoms with E-state index < -0.39 is 5.97 Å². The van der Waals surface area contributed by atoms with E-state index in [0.717, 1.165) is 5.56 Å². The van der Waals surface area contributed by atoms with Crippen LogP contribution in [0, 0.1) is 0 Å². The van der Waals surface area contributed by atoms with Gasteiger partial charge in [-0.05, 0) is 12.0 Å². The van der Waals surface area contributed by atoms with Gasteiger partial charge < -0.3 is 5.11 Å². The Morgan fingerprint density at radius 1 is 1.39 bits per heavy atom. The number of carbonyl (C=O) groups is 1. The van der Waals surface area contributed by atoms with Gasteiger partial charge in [0.25, 0.3) is 0 Å². The minimum atomic E-state index is -0.882. The second-order valence-electron chi connectivity index (χ2n) is 3.93. The fourth-order valence-electron chi connectivity index (χ4n) is 1.88. The topological polar surface area (TPSA) is 88.0 Å². The molecule has 2 aromatic rings. The van der Waals surface area contributed by atoms with Crippen LogP contribution in [-0.2, 0) is 4.79 Å². The molecule has 0 saturated heterocycles. The molecule has 1 atom stereocenters. The number of H-pyrrole nitrogens is 1. The van der Waals surface area contributed by atoms with Crippen LogP contribution in [0.2, 0.25) is 0 Å². The fourth-order valence-corrected chi connectivity index (χ4v) is 1.88. The Kier molecular flexibility index (Phi) is 3.57. The third-order valence-corrected chi connectivity index (χ3v) is 2.73. The van der Waals surface area contributed by atoms with Crippen molar-refractivity contribution in [1.29, 1.82) is 0 Å². The van der Waals surface area contributed by atoms with Gasteiger partial charge in [0.1, 0.15) is 6.33 Å². The van der Waals surface area contributed by atoms with Gasteiger partial charge in [0.15, 0.2) is 0 Å². The Bertz CT molecular complexity index is 574. The Hall–Kier alpha value is -2.37. The van der Waals surface area contributed by atoms with E-state index in [9.17, 15) is 9.59 Å². The molecule has 2 rings (SSSR count). The minimum Gasteiger partial charge on any atom is -0.481 e. The van der Waals surface area contributed by atoms with E-state index in [-0.39, 0.29) is 18.2 Å². The number of nitrogens with one attached hydrogen (secondary N) is 1. The van der Waals surface area contributed by atoms with Crippen LogP contribution in [0.15, 0.2) is 41.5 Å². The number of carboxylic acid groups (broad SMARTS) is 1. The lowest BCUT2D eigenvalue weighted by Crippen LogP contribution is -2.23. The van der Waals surface area contributed by atoms with Crippen LogP contribution >= 0.6 is 0 Å². The lowest BCUT2D eigenvalue weighted by molar-refractivity contribution is -0.137. The van der Waals surface area contributed by atoms with Gasteiger partial charge in [-0.2, -0.15) is 5.10 Å². The third kappa shape index (κ3) is 2.65. The molecule has 1 aromatic heterocycles. The van der Waals surface area contributed by atoms with E-state index in [1.807, 2.05) is 30.3 Å². The van der Waals surface area contributed by atoms with E-state index in [2.05, 4.69) is 10.2 Å². The molecule has 0 fully saturated rings. The summed E-state index contributed by atoms with van der Waals surface area (Å²) in [6, 6.07) is 9.00. The monoisotopic (exact) mass is 247 g/mol. The van der Waals surface area contributed by atoms with Crippen molar-refractivity contribution in [3.8, 4) is 0 Å². The second-order valence-corrected chi connectivity index (χ2v) is 3.93. The van der Waals surface area contributed by atoms with E-state index in [1.165, 1.54) is 10.9 Å². The molecule has 6 heteroatoms. The van der Waals surface area contributed by atoms with Crippen molar-refractivity contribution >= 4 is 5.97 Å². The maximum Gasteiger partial charge on any atom is 0.343 e.